The SMILES string of the molecule is CCCCn1nc(C(=O)NCC(C)CN2CCN(CC)CC2)ccc1=O. The number of hydrogen-bond acceptors (Lipinski definition) is 5. The van der Waals surface area contributed by atoms with Gasteiger partial charge >= 0.3 is 0 Å². The largest absolute Gasteiger partial charge is 0.350 e. The van der Waals surface area contributed by atoms with Crippen molar-refractivity contribution in [3.05, 3.63) is 28.2 Å². The maximum absolute atomic E-state index is 12.4. The molecule has 1 aromatic heterocycles. The molecule has 0 aromatic carbocycles. The molecule has 0 saturated carbocycles. The first kappa shape index (κ1) is 20.6. The van der Waals surface area contributed by atoms with Crippen LogP contribution in [0.5, 0.6) is 0 Å². The standard InChI is InChI=1S/C19H33N5O2/c1-4-6-9-24-18(25)8-7-17(21-24)19(26)20-14-16(3)15-23-12-10-22(5-2)11-13-23/h7-8,16H,4-6,9-15H2,1-3H3,(H,20,26). The minimum Gasteiger partial charge on any atom is -0.350 e. The van der Waals surface area contributed by atoms with Crippen LogP contribution in [0.15, 0.2) is 16.9 Å². The summed E-state index contributed by atoms with van der Waals surface area (Å²) in [5.41, 5.74) is 0.152. The van der Waals surface area contributed by atoms with Gasteiger partial charge in [0.2, 0.25) is 0 Å². The molecule has 1 amide bonds. The quantitative estimate of drug-likeness (QED) is 0.710. The van der Waals surface area contributed by atoms with Crippen LogP contribution in [0.3, 0.4) is 0 Å². The summed E-state index contributed by atoms with van der Waals surface area (Å²) >= 11 is 0. The monoisotopic (exact) mass is 363 g/mol. The van der Waals surface area contributed by atoms with Gasteiger partial charge in [-0.15, -0.1) is 0 Å². The lowest BCUT2D eigenvalue weighted by Crippen LogP contribution is -2.48. The Bertz CT molecular complexity index is 623. The van der Waals surface area contributed by atoms with E-state index < -0.39 is 0 Å². The molecule has 1 fully saturated rings. The molecule has 7 nitrogen and oxygen atoms in total. The van der Waals surface area contributed by atoms with Crippen LogP contribution < -0.4 is 10.9 Å². The molecule has 1 N–H and O–H groups in total. The van der Waals surface area contributed by atoms with Crippen molar-refractivity contribution in [3.63, 3.8) is 0 Å². The van der Waals surface area contributed by atoms with E-state index in [-0.39, 0.29) is 11.5 Å². The third kappa shape index (κ3) is 6.21. The first-order chi connectivity index (χ1) is 12.5. The average Bonchev–Trinajstić information content (AvgIpc) is 2.66. The van der Waals surface area contributed by atoms with Crippen LogP contribution in [0.2, 0.25) is 0 Å². The van der Waals surface area contributed by atoms with E-state index in [0.717, 1.165) is 52.1 Å². The predicted octanol–water partition coefficient (Wildman–Crippen LogP) is 1.05. The zero-order valence-corrected chi connectivity index (χ0v) is 16.4. The number of carbonyl (C=O) groups is 1. The van der Waals surface area contributed by atoms with Gasteiger partial charge < -0.3 is 15.1 Å². The molecule has 1 atom stereocenters. The number of aryl methyl sites for hydroxylation is 1. The van der Waals surface area contributed by atoms with Crippen molar-refractivity contribution >= 4 is 5.91 Å². The van der Waals surface area contributed by atoms with E-state index in [1.807, 2.05) is 0 Å². The van der Waals surface area contributed by atoms with Crippen molar-refractivity contribution in [2.24, 2.45) is 5.92 Å². The van der Waals surface area contributed by atoms with Gasteiger partial charge in [-0.05, 0) is 24.9 Å². The van der Waals surface area contributed by atoms with E-state index >= 15 is 0 Å². The van der Waals surface area contributed by atoms with Gasteiger partial charge in [0.25, 0.3) is 11.5 Å². The molecule has 2 rings (SSSR count). The fourth-order valence-corrected chi connectivity index (χ4v) is 3.19. The van der Waals surface area contributed by atoms with Gasteiger partial charge in [-0.3, -0.25) is 9.59 Å². The molecule has 0 radical (unpaired) electrons. The molecular weight excluding hydrogens is 330 g/mol. The number of nitrogens with one attached hydrogen (secondary N) is 1. The molecule has 146 valence electrons. The summed E-state index contributed by atoms with van der Waals surface area (Å²) in [7, 11) is 0. The first-order valence-corrected chi connectivity index (χ1v) is 9.84. The van der Waals surface area contributed by atoms with E-state index in [0.29, 0.717) is 24.7 Å². The van der Waals surface area contributed by atoms with Gasteiger partial charge in [0.05, 0.1) is 0 Å². The van der Waals surface area contributed by atoms with Crippen LogP contribution in [0.4, 0.5) is 0 Å². The molecule has 1 unspecified atom stereocenters. The molecule has 0 bridgehead atoms. The Kier molecular flexibility index (Phi) is 8.25. The Morgan fingerprint density at radius 1 is 1.19 bits per heavy atom. The number of rotatable bonds is 9. The zero-order valence-electron chi connectivity index (χ0n) is 16.4. The van der Waals surface area contributed by atoms with Crippen LogP contribution in [-0.4, -0.2) is 71.3 Å². The number of nitrogens with zero attached hydrogens (tertiary/aromatic N) is 4. The van der Waals surface area contributed by atoms with Crippen molar-refractivity contribution < 1.29 is 4.79 Å². The van der Waals surface area contributed by atoms with E-state index in [4.69, 9.17) is 0 Å². The average molecular weight is 364 g/mol. The van der Waals surface area contributed by atoms with Gasteiger partial charge in [-0.25, -0.2) is 4.68 Å². The Hall–Kier alpha value is -1.73. The zero-order chi connectivity index (χ0) is 18.9. The van der Waals surface area contributed by atoms with Crippen molar-refractivity contribution in [1.29, 1.82) is 0 Å². The molecule has 0 spiro atoms. The maximum Gasteiger partial charge on any atom is 0.271 e. The normalized spacial score (nSPS) is 17.2. The summed E-state index contributed by atoms with van der Waals surface area (Å²) in [6.45, 7) is 14.1. The van der Waals surface area contributed by atoms with E-state index in [1.54, 1.807) is 0 Å². The highest BCUT2D eigenvalue weighted by atomic mass is 16.2. The third-order valence-corrected chi connectivity index (χ3v) is 4.92. The molecule has 7 heteroatoms. The number of piperazine rings is 1. The topological polar surface area (TPSA) is 70.5 Å². The third-order valence-electron chi connectivity index (χ3n) is 4.92. The lowest BCUT2D eigenvalue weighted by atomic mass is 10.1. The highest BCUT2D eigenvalue weighted by Crippen LogP contribution is 2.05. The highest BCUT2D eigenvalue weighted by Gasteiger charge is 2.18. The lowest BCUT2D eigenvalue weighted by molar-refractivity contribution is 0.0926. The van der Waals surface area contributed by atoms with Crippen LogP contribution in [-0.2, 0) is 6.54 Å². The van der Waals surface area contributed by atoms with E-state index in [1.165, 1.54) is 16.8 Å². The molecule has 26 heavy (non-hydrogen) atoms. The predicted molar refractivity (Wildman–Crippen MR) is 103 cm³/mol. The van der Waals surface area contributed by atoms with E-state index in [2.05, 4.69) is 41.0 Å². The summed E-state index contributed by atoms with van der Waals surface area (Å²) in [4.78, 5) is 29.1. The van der Waals surface area contributed by atoms with Crippen LogP contribution in [0, 0.1) is 5.92 Å². The van der Waals surface area contributed by atoms with Gasteiger partial charge in [0.15, 0.2) is 0 Å². The summed E-state index contributed by atoms with van der Waals surface area (Å²) in [5, 5.41) is 7.15. The lowest BCUT2D eigenvalue weighted by Gasteiger charge is -2.35. The summed E-state index contributed by atoms with van der Waals surface area (Å²) in [6.07, 6.45) is 1.86. The fourth-order valence-electron chi connectivity index (χ4n) is 3.19. The smallest absolute Gasteiger partial charge is 0.271 e. The second-order valence-corrected chi connectivity index (χ2v) is 7.18. The molecule has 1 aliphatic heterocycles. The van der Waals surface area contributed by atoms with Gasteiger partial charge in [0, 0.05) is 51.9 Å². The van der Waals surface area contributed by atoms with Crippen molar-refractivity contribution in [3.8, 4) is 0 Å². The fraction of sp³-hybridized carbons (Fsp3) is 0.737. The summed E-state index contributed by atoms with van der Waals surface area (Å²) in [6, 6.07) is 2.93. The first-order valence-electron chi connectivity index (χ1n) is 9.84. The maximum atomic E-state index is 12.4. The Labute approximate surface area is 156 Å². The van der Waals surface area contributed by atoms with Crippen molar-refractivity contribution in [1.82, 2.24) is 24.9 Å². The minimum absolute atomic E-state index is 0.158. The number of unbranched alkanes of at least 4 members (excludes halogenated alkanes) is 1. The summed E-state index contributed by atoms with van der Waals surface area (Å²) in [5.74, 6) is 0.163. The number of likely N-dealkylation sites (N-methyl/N-ethyl adjacent to an activating group) is 1. The van der Waals surface area contributed by atoms with Crippen LogP contribution in [0.1, 0.15) is 44.1 Å². The Morgan fingerprint density at radius 2 is 1.88 bits per heavy atom. The van der Waals surface area contributed by atoms with Crippen LogP contribution >= 0.6 is 0 Å². The summed E-state index contributed by atoms with van der Waals surface area (Å²) < 4.78 is 1.38. The van der Waals surface area contributed by atoms with Gasteiger partial charge in [0.1, 0.15) is 5.69 Å². The van der Waals surface area contributed by atoms with Gasteiger partial charge in [-0.2, -0.15) is 5.10 Å². The molecule has 1 saturated heterocycles. The minimum atomic E-state index is -0.210. The van der Waals surface area contributed by atoms with Crippen molar-refractivity contribution in [2.45, 2.75) is 40.2 Å². The highest BCUT2D eigenvalue weighted by molar-refractivity contribution is 5.91. The van der Waals surface area contributed by atoms with Gasteiger partial charge in [-0.1, -0.05) is 27.2 Å². The number of aromatic nitrogens is 2. The number of amides is 1. The van der Waals surface area contributed by atoms with Crippen molar-refractivity contribution in [2.75, 3.05) is 45.8 Å². The second kappa shape index (κ2) is 10.4. The Balaban J connectivity index is 1.79. The van der Waals surface area contributed by atoms with Crippen LogP contribution in [0.25, 0.3) is 0 Å². The molecule has 1 aromatic rings. The molecule has 1 aliphatic rings. The second-order valence-electron chi connectivity index (χ2n) is 7.18. The molecule has 0 aliphatic carbocycles. The van der Waals surface area contributed by atoms with E-state index in [9.17, 15) is 9.59 Å². The Morgan fingerprint density at radius 3 is 2.54 bits per heavy atom. The molecule has 2 heterocycles. The number of carbonyl (C=O) groups excluding carboxylic acids is 1. The number of hydrogen-bond donors (Lipinski definition) is 1. The molecular formula is C19H33N5O2.